The van der Waals surface area contributed by atoms with E-state index >= 15 is 0 Å². The summed E-state index contributed by atoms with van der Waals surface area (Å²) in [6.07, 6.45) is 3.91. The van der Waals surface area contributed by atoms with Crippen LogP contribution in [-0.2, 0) is 0 Å². The van der Waals surface area contributed by atoms with Gasteiger partial charge in [0.15, 0.2) is 0 Å². The average Bonchev–Trinajstić information content (AvgIpc) is 3.06. The van der Waals surface area contributed by atoms with Crippen molar-refractivity contribution in [2.24, 2.45) is 0 Å². The van der Waals surface area contributed by atoms with Gasteiger partial charge >= 0.3 is 0 Å². The number of fused-ring (bicyclic) bond motifs is 1. The zero-order valence-corrected chi connectivity index (χ0v) is 14.8. The summed E-state index contributed by atoms with van der Waals surface area (Å²) in [6, 6.07) is 20.8. The van der Waals surface area contributed by atoms with E-state index in [0.29, 0.717) is 5.56 Å². The fraction of sp³-hybridized carbons (Fsp3) is 0. The zero-order valence-electron chi connectivity index (χ0n) is 13.2. The van der Waals surface area contributed by atoms with Gasteiger partial charge in [-0.25, -0.2) is 4.98 Å². The second kappa shape index (κ2) is 6.53. The van der Waals surface area contributed by atoms with Crippen LogP contribution in [0.1, 0.15) is 10.4 Å². The van der Waals surface area contributed by atoms with E-state index in [9.17, 15) is 4.79 Å². The van der Waals surface area contributed by atoms with Gasteiger partial charge in [-0.3, -0.25) is 4.79 Å². The first kappa shape index (κ1) is 15.6. The lowest BCUT2D eigenvalue weighted by Crippen LogP contribution is -2.12. The second-order valence-corrected chi connectivity index (χ2v) is 6.52. The fourth-order valence-corrected chi connectivity index (χ4v) is 3.10. The number of para-hydroxylation sites is 1. The molecule has 25 heavy (non-hydrogen) atoms. The van der Waals surface area contributed by atoms with Gasteiger partial charge < -0.3 is 9.72 Å². The van der Waals surface area contributed by atoms with E-state index in [0.717, 1.165) is 27.1 Å². The number of nitrogens with one attached hydrogen (secondary N) is 1. The third kappa shape index (κ3) is 3.19. The van der Waals surface area contributed by atoms with Crippen LogP contribution in [0.25, 0.3) is 16.9 Å². The van der Waals surface area contributed by atoms with Gasteiger partial charge in [-0.05, 0) is 36.4 Å². The van der Waals surface area contributed by atoms with Crippen molar-refractivity contribution in [1.82, 2.24) is 9.38 Å². The van der Waals surface area contributed by atoms with E-state index in [1.54, 1.807) is 12.1 Å². The van der Waals surface area contributed by atoms with Crippen LogP contribution >= 0.6 is 15.9 Å². The van der Waals surface area contributed by atoms with Crippen molar-refractivity contribution in [3.63, 3.8) is 0 Å². The molecule has 2 heterocycles. The van der Waals surface area contributed by atoms with Crippen LogP contribution in [0, 0.1) is 0 Å². The first-order chi connectivity index (χ1) is 12.2. The molecule has 0 unspecified atom stereocenters. The monoisotopic (exact) mass is 391 g/mol. The molecule has 5 heteroatoms. The summed E-state index contributed by atoms with van der Waals surface area (Å²) in [5, 5.41) is 2.99. The number of carbonyl (C=O) groups excluding carboxylic acids is 1. The highest BCUT2D eigenvalue weighted by molar-refractivity contribution is 9.10. The number of benzene rings is 2. The summed E-state index contributed by atoms with van der Waals surface area (Å²) < 4.78 is 2.83. The topological polar surface area (TPSA) is 46.4 Å². The van der Waals surface area contributed by atoms with Gasteiger partial charge in [0.2, 0.25) is 0 Å². The third-order valence-corrected chi connectivity index (χ3v) is 4.40. The van der Waals surface area contributed by atoms with Crippen molar-refractivity contribution >= 4 is 33.2 Å². The minimum atomic E-state index is -0.155. The van der Waals surface area contributed by atoms with E-state index in [2.05, 4.69) is 26.2 Å². The Bertz CT molecular complexity index is 1040. The Balaban J connectivity index is 1.70. The molecule has 1 amide bonds. The smallest absolute Gasteiger partial charge is 0.255 e. The SMILES string of the molecule is O=C(Nc1ccccc1-c1cn2ccccc2n1)c1cccc(Br)c1. The minimum Gasteiger partial charge on any atom is -0.321 e. The highest BCUT2D eigenvalue weighted by Gasteiger charge is 2.12. The number of pyridine rings is 1. The summed E-state index contributed by atoms with van der Waals surface area (Å²) in [4.78, 5) is 17.2. The quantitative estimate of drug-likeness (QED) is 0.533. The van der Waals surface area contributed by atoms with Crippen molar-refractivity contribution in [1.29, 1.82) is 0 Å². The number of hydrogen-bond donors (Lipinski definition) is 1. The molecule has 4 rings (SSSR count). The van der Waals surface area contributed by atoms with Crippen LogP contribution < -0.4 is 5.32 Å². The molecule has 4 nitrogen and oxygen atoms in total. The highest BCUT2D eigenvalue weighted by atomic mass is 79.9. The van der Waals surface area contributed by atoms with Crippen molar-refractivity contribution in [3.8, 4) is 11.3 Å². The maximum atomic E-state index is 12.6. The molecule has 4 aromatic rings. The number of nitrogens with zero attached hydrogens (tertiary/aromatic N) is 2. The predicted molar refractivity (Wildman–Crippen MR) is 103 cm³/mol. The Morgan fingerprint density at radius 2 is 1.84 bits per heavy atom. The molecule has 2 aromatic heterocycles. The Morgan fingerprint density at radius 1 is 1.00 bits per heavy atom. The Kier molecular flexibility index (Phi) is 4.07. The number of rotatable bonds is 3. The molecule has 0 aliphatic carbocycles. The lowest BCUT2D eigenvalue weighted by atomic mass is 10.1. The predicted octanol–water partition coefficient (Wildman–Crippen LogP) is 5.02. The van der Waals surface area contributed by atoms with Gasteiger partial charge in [0.25, 0.3) is 5.91 Å². The van der Waals surface area contributed by atoms with Crippen LogP contribution in [0.4, 0.5) is 5.69 Å². The van der Waals surface area contributed by atoms with Crippen molar-refractivity contribution in [2.75, 3.05) is 5.32 Å². The number of anilines is 1. The molecule has 0 radical (unpaired) electrons. The van der Waals surface area contributed by atoms with E-state index < -0.39 is 0 Å². The van der Waals surface area contributed by atoms with Crippen LogP contribution in [0.2, 0.25) is 0 Å². The minimum absolute atomic E-state index is 0.155. The van der Waals surface area contributed by atoms with Crippen LogP contribution in [0.5, 0.6) is 0 Å². The molecule has 0 fully saturated rings. The van der Waals surface area contributed by atoms with Gasteiger partial charge in [-0.2, -0.15) is 0 Å². The fourth-order valence-electron chi connectivity index (χ4n) is 2.70. The summed E-state index contributed by atoms with van der Waals surface area (Å²) in [7, 11) is 0. The number of carbonyl (C=O) groups is 1. The molecule has 122 valence electrons. The molecule has 0 atom stereocenters. The molecule has 0 aliphatic rings. The normalized spacial score (nSPS) is 10.8. The average molecular weight is 392 g/mol. The van der Waals surface area contributed by atoms with E-state index in [4.69, 9.17) is 0 Å². The largest absolute Gasteiger partial charge is 0.321 e. The summed E-state index contributed by atoms with van der Waals surface area (Å²) >= 11 is 3.39. The summed E-state index contributed by atoms with van der Waals surface area (Å²) in [6.45, 7) is 0. The molecule has 1 N–H and O–H groups in total. The molecular formula is C20H14BrN3O. The van der Waals surface area contributed by atoms with Gasteiger partial charge in [0.05, 0.1) is 11.4 Å². The molecule has 0 aliphatic heterocycles. The Hall–Kier alpha value is -2.92. The highest BCUT2D eigenvalue weighted by Crippen LogP contribution is 2.28. The Labute approximate surface area is 153 Å². The summed E-state index contributed by atoms with van der Waals surface area (Å²) in [5.74, 6) is -0.155. The summed E-state index contributed by atoms with van der Waals surface area (Å²) in [5.41, 5.74) is 3.89. The van der Waals surface area contributed by atoms with Gasteiger partial charge in [-0.1, -0.05) is 46.3 Å². The molecule has 0 spiro atoms. The molecular weight excluding hydrogens is 378 g/mol. The lowest BCUT2D eigenvalue weighted by Gasteiger charge is -2.09. The standard InChI is InChI=1S/C20H14BrN3O/c21-15-7-5-6-14(12-15)20(25)23-17-9-2-1-8-16(17)18-13-24-11-4-3-10-19(24)22-18/h1-13H,(H,23,25). The number of aromatic nitrogens is 2. The third-order valence-electron chi connectivity index (χ3n) is 3.90. The Morgan fingerprint density at radius 3 is 2.68 bits per heavy atom. The van der Waals surface area contributed by atoms with Gasteiger partial charge in [0.1, 0.15) is 5.65 Å². The maximum absolute atomic E-state index is 12.6. The van der Waals surface area contributed by atoms with Crippen molar-refractivity contribution < 1.29 is 4.79 Å². The second-order valence-electron chi connectivity index (χ2n) is 5.60. The number of hydrogen-bond acceptors (Lipinski definition) is 2. The van der Waals surface area contributed by atoms with Gasteiger partial charge in [-0.15, -0.1) is 0 Å². The van der Waals surface area contributed by atoms with Gasteiger partial charge in [0, 0.05) is 28.0 Å². The molecule has 0 saturated carbocycles. The molecule has 0 saturated heterocycles. The van der Waals surface area contributed by atoms with Crippen LogP contribution in [0.15, 0.2) is 83.6 Å². The van der Waals surface area contributed by atoms with E-state index in [1.807, 2.05) is 71.4 Å². The first-order valence-electron chi connectivity index (χ1n) is 7.81. The molecule has 2 aromatic carbocycles. The van der Waals surface area contributed by atoms with Crippen LogP contribution in [-0.4, -0.2) is 15.3 Å². The molecule has 0 bridgehead atoms. The number of halogens is 1. The first-order valence-corrected chi connectivity index (χ1v) is 8.60. The number of imidazole rings is 1. The maximum Gasteiger partial charge on any atom is 0.255 e. The van der Waals surface area contributed by atoms with E-state index in [-0.39, 0.29) is 5.91 Å². The number of amides is 1. The lowest BCUT2D eigenvalue weighted by molar-refractivity contribution is 0.102. The van der Waals surface area contributed by atoms with E-state index in [1.165, 1.54) is 0 Å². The zero-order chi connectivity index (χ0) is 17.2. The van der Waals surface area contributed by atoms with Crippen LogP contribution in [0.3, 0.4) is 0 Å². The van der Waals surface area contributed by atoms with Crippen molar-refractivity contribution in [2.45, 2.75) is 0 Å². The van der Waals surface area contributed by atoms with Crippen molar-refractivity contribution in [3.05, 3.63) is 89.2 Å².